The molecule has 1 unspecified atom stereocenters. The van der Waals surface area contributed by atoms with Crippen molar-refractivity contribution in [3.63, 3.8) is 0 Å². The number of aromatic hydroxyl groups is 1. The molecular formula is C16H18FNO3. The summed E-state index contributed by atoms with van der Waals surface area (Å²) in [5.74, 6) is 0.583. The second kappa shape index (κ2) is 6.35. The van der Waals surface area contributed by atoms with Crippen LogP contribution in [0.25, 0.3) is 0 Å². The lowest BCUT2D eigenvalue weighted by atomic mass is 10.1. The number of hydrogen-bond acceptors (Lipinski definition) is 4. The number of phenols is 1. The molecule has 0 aliphatic rings. The van der Waals surface area contributed by atoms with Gasteiger partial charge in [-0.2, -0.15) is 0 Å². The van der Waals surface area contributed by atoms with Crippen molar-refractivity contribution >= 4 is 5.69 Å². The minimum absolute atomic E-state index is 0.169. The van der Waals surface area contributed by atoms with Gasteiger partial charge in [0.1, 0.15) is 11.5 Å². The van der Waals surface area contributed by atoms with E-state index in [1.54, 1.807) is 37.4 Å². The van der Waals surface area contributed by atoms with Crippen LogP contribution in [0.1, 0.15) is 18.5 Å². The van der Waals surface area contributed by atoms with Crippen LogP contribution >= 0.6 is 0 Å². The van der Waals surface area contributed by atoms with Gasteiger partial charge >= 0.3 is 0 Å². The third-order valence-corrected chi connectivity index (χ3v) is 3.24. The van der Waals surface area contributed by atoms with Crippen molar-refractivity contribution in [1.29, 1.82) is 0 Å². The number of methoxy groups -OCH3 is 2. The lowest BCUT2D eigenvalue weighted by molar-refractivity contribution is 0.386. The Morgan fingerprint density at radius 1 is 1.10 bits per heavy atom. The Labute approximate surface area is 123 Å². The van der Waals surface area contributed by atoms with E-state index in [9.17, 15) is 9.50 Å². The lowest BCUT2D eigenvalue weighted by Crippen LogP contribution is -2.07. The molecule has 0 bridgehead atoms. The number of rotatable bonds is 5. The van der Waals surface area contributed by atoms with Crippen LogP contribution in [0.4, 0.5) is 10.1 Å². The highest BCUT2D eigenvalue weighted by atomic mass is 19.1. The van der Waals surface area contributed by atoms with Gasteiger partial charge in [0, 0.05) is 17.3 Å². The Morgan fingerprint density at radius 3 is 2.52 bits per heavy atom. The van der Waals surface area contributed by atoms with Crippen LogP contribution in [0.2, 0.25) is 0 Å². The molecular weight excluding hydrogens is 273 g/mol. The van der Waals surface area contributed by atoms with Crippen LogP contribution < -0.4 is 14.8 Å². The normalized spacial score (nSPS) is 11.8. The quantitative estimate of drug-likeness (QED) is 0.881. The molecule has 2 aromatic carbocycles. The molecule has 0 aromatic heterocycles. The zero-order valence-electron chi connectivity index (χ0n) is 12.2. The molecule has 1 atom stereocenters. The Hall–Kier alpha value is -2.43. The zero-order chi connectivity index (χ0) is 15.4. The number of anilines is 1. The SMILES string of the molecule is COc1ccc(O)c(C(C)Nc2ccc(F)c(OC)c2)c1. The molecule has 4 nitrogen and oxygen atoms in total. The first-order valence-electron chi connectivity index (χ1n) is 6.52. The molecule has 5 heteroatoms. The predicted molar refractivity (Wildman–Crippen MR) is 79.6 cm³/mol. The number of hydrogen-bond donors (Lipinski definition) is 2. The van der Waals surface area contributed by atoms with Gasteiger partial charge in [-0.3, -0.25) is 0 Å². The molecule has 0 fully saturated rings. The first-order chi connectivity index (χ1) is 10.0. The van der Waals surface area contributed by atoms with E-state index in [4.69, 9.17) is 9.47 Å². The summed E-state index contributed by atoms with van der Waals surface area (Å²) in [6.07, 6.45) is 0. The van der Waals surface area contributed by atoms with E-state index in [1.807, 2.05) is 6.92 Å². The van der Waals surface area contributed by atoms with Gasteiger partial charge in [0.25, 0.3) is 0 Å². The van der Waals surface area contributed by atoms with E-state index in [2.05, 4.69) is 5.32 Å². The summed E-state index contributed by atoms with van der Waals surface area (Å²) in [6.45, 7) is 1.89. The number of halogens is 1. The van der Waals surface area contributed by atoms with Crippen molar-refractivity contribution in [1.82, 2.24) is 0 Å². The van der Waals surface area contributed by atoms with Crippen molar-refractivity contribution in [2.75, 3.05) is 19.5 Å². The van der Waals surface area contributed by atoms with Crippen LogP contribution in [-0.4, -0.2) is 19.3 Å². The smallest absolute Gasteiger partial charge is 0.165 e. The molecule has 0 saturated heterocycles. The van der Waals surface area contributed by atoms with Crippen molar-refractivity contribution in [2.45, 2.75) is 13.0 Å². The van der Waals surface area contributed by atoms with E-state index in [0.717, 1.165) is 0 Å². The van der Waals surface area contributed by atoms with E-state index < -0.39 is 5.82 Å². The molecule has 2 aromatic rings. The molecule has 0 radical (unpaired) electrons. The fraction of sp³-hybridized carbons (Fsp3) is 0.250. The van der Waals surface area contributed by atoms with Crippen molar-refractivity contribution in [3.8, 4) is 17.2 Å². The van der Waals surface area contributed by atoms with Crippen molar-refractivity contribution < 1.29 is 19.0 Å². The Kier molecular flexibility index (Phi) is 4.52. The van der Waals surface area contributed by atoms with E-state index in [0.29, 0.717) is 17.0 Å². The summed E-state index contributed by atoms with van der Waals surface area (Å²) in [4.78, 5) is 0. The summed E-state index contributed by atoms with van der Waals surface area (Å²) in [5.41, 5.74) is 1.39. The summed E-state index contributed by atoms with van der Waals surface area (Å²) >= 11 is 0. The second-order valence-corrected chi connectivity index (χ2v) is 4.64. The molecule has 112 valence electrons. The highest BCUT2D eigenvalue weighted by Crippen LogP contribution is 2.31. The van der Waals surface area contributed by atoms with Gasteiger partial charge in [-0.1, -0.05) is 0 Å². The van der Waals surface area contributed by atoms with E-state index in [-0.39, 0.29) is 17.5 Å². The molecule has 0 saturated carbocycles. The van der Waals surface area contributed by atoms with Crippen molar-refractivity contribution in [3.05, 3.63) is 47.8 Å². The molecule has 0 spiro atoms. The van der Waals surface area contributed by atoms with Gasteiger partial charge in [0.15, 0.2) is 11.6 Å². The number of ether oxygens (including phenoxy) is 2. The molecule has 0 amide bonds. The van der Waals surface area contributed by atoms with Crippen LogP contribution in [0.5, 0.6) is 17.2 Å². The van der Waals surface area contributed by atoms with Gasteiger partial charge in [-0.25, -0.2) is 4.39 Å². The van der Waals surface area contributed by atoms with Gasteiger partial charge in [-0.05, 0) is 37.3 Å². The average molecular weight is 291 g/mol. The Balaban J connectivity index is 2.23. The lowest BCUT2D eigenvalue weighted by Gasteiger charge is -2.18. The fourth-order valence-electron chi connectivity index (χ4n) is 2.08. The maximum Gasteiger partial charge on any atom is 0.165 e. The number of benzene rings is 2. The Bertz CT molecular complexity index is 631. The molecule has 21 heavy (non-hydrogen) atoms. The van der Waals surface area contributed by atoms with Gasteiger partial charge in [0.05, 0.1) is 20.3 Å². The first kappa shape index (κ1) is 15.0. The van der Waals surface area contributed by atoms with Gasteiger partial charge < -0.3 is 19.9 Å². The molecule has 0 aliphatic heterocycles. The van der Waals surface area contributed by atoms with Crippen LogP contribution in [0.15, 0.2) is 36.4 Å². The summed E-state index contributed by atoms with van der Waals surface area (Å²) in [6, 6.07) is 9.36. The molecule has 2 rings (SSSR count). The van der Waals surface area contributed by atoms with Crippen molar-refractivity contribution in [2.24, 2.45) is 0 Å². The zero-order valence-corrected chi connectivity index (χ0v) is 12.2. The van der Waals surface area contributed by atoms with Gasteiger partial charge in [-0.15, -0.1) is 0 Å². The second-order valence-electron chi connectivity index (χ2n) is 4.64. The molecule has 0 aliphatic carbocycles. The summed E-state index contributed by atoms with van der Waals surface area (Å²) in [5, 5.41) is 13.1. The highest BCUT2D eigenvalue weighted by molar-refractivity contribution is 5.52. The minimum atomic E-state index is -0.417. The van der Waals surface area contributed by atoms with Gasteiger partial charge in [0.2, 0.25) is 0 Å². The first-order valence-corrected chi connectivity index (χ1v) is 6.52. The monoisotopic (exact) mass is 291 g/mol. The van der Waals surface area contributed by atoms with Crippen LogP contribution in [0.3, 0.4) is 0 Å². The highest BCUT2D eigenvalue weighted by Gasteiger charge is 2.13. The number of phenolic OH excluding ortho intramolecular Hbond substituents is 1. The fourth-order valence-corrected chi connectivity index (χ4v) is 2.08. The van der Waals surface area contributed by atoms with Crippen LogP contribution in [-0.2, 0) is 0 Å². The standard InChI is InChI=1S/C16H18FNO3/c1-10(13-9-12(20-2)5-7-15(13)19)18-11-4-6-14(17)16(8-11)21-3/h4-10,18-19H,1-3H3. The average Bonchev–Trinajstić information content (AvgIpc) is 2.49. The molecule has 2 N–H and O–H groups in total. The largest absolute Gasteiger partial charge is 0.508 e. The number of nitrogens with one attached hydrogen (secondary N) is 1. The van der Waals surface area contributed by atoms with E-state index in [1.165, 1.54) is 13.2 Å². The third kappa shape index (κ3) is 3.37. The topological polar surface area (TPSA) is 50.7 Å². The summed E-state index contributed by atoms with van der Waals surface area (Å²) in [7, 11) is 2.98. The molecule has 0 heterocycles. The minimum Gasteiger partial charge on any atom is -0.508 e. The predicted octanol–water partition coefficient (Wildman–Crippen LogP) is 3.72. The third-order valence-electron chi connectivity index (χ3n) is 3.24. The summed E-state index contributed by atoms with van der Waals surface area (Å²) < 4.78 is 23.5. The maximum atomic E-state index is 13.4. The maximum absolute atomic E-state index is 13.4. The Morgan fingerprint density at radius 2 is 1.86 bits per heavy atom. The van der Waals surface area contributed by atoms with Crippen LogP contribution in [0, 0.1) is 5.82 Å². The van der Waals surface area contributed by atoms with E-state index >= 15 is 0 Å².